The molecule has 3 heterocycles. The average Bonchev–Trinajstić information content (AvgIpc) is 3.69. The van der Waals surface area contributed by atoms with E-state index in [0.717, 1.165) is 101 Å². The Morgan fingerprint density at radius 3 is 2.37 bits per heavy atom. The molecule has 2 aromatic carbocycles. The highest BCUT2D eigenvalue weighted by atomic mass is 32.2. The number of piperidine rings is 1. The molecule has 4 fully saturated rings. The summed E-state index contributed by atoms with van der Waals surface area (Å²) in [5.74, 6) is 1.46. The fourth-order valence-corrected chi connectivity index (χ4v) is 11.1. The van der Waals surface area contributed by atoms with Crippen molar-refractivity contribution in [3.8, 4) is 0 Å². The van der Waals surface area contributed by atoms with Crippen LogP contribution in [0, 0.1) is 30.5 Å². The number of rotatable bonds is 12. The number of hydrogen-bond acceptors (Lipinski definition) is 7. The zero-order valence-electron chi connectivity index (χ0n) is 29.0. The van der Waals surface area contributed by atoms with Crippen molar-refractivity contribution in [2.45, 2.75) is 99.8 Å². The molecule has 3 aromatic rings. The van der Waals surface area contributed by atoms with Gasteiger partial charge in [0.2, 0.25) is 0 Å². The number of anilines is 1. The normalized spacial score (nSPS) is 23.9. The van der Waals surface area contributed by atoms with Crippen LogP contribution in [0.15, 0.2) is 65.8 Å². The van der Waals surface area contributed by atoms with Crippen molar-refractivity contribution in [3.05, 3.63) is 78.1 Å². The number of nitrogens with zero attached hydrogens (tertiary/aromatic N) is 4. The molecule has 264 valence electrons. The summed E-state index contributed by atoms with van der Waals surface area (Å²) >= 11 is 0. The molecule has 8 nitrogen and oxygen atoms in total. The number of esters is 1. The van der Waals surface area contributed by atoms with Crippen molar-refractivity contribution in [2.24, 2.45) is 17.8 Å². The first-order chi connectivity index (χ1) is 23.7. The van der Waals surface area contributed by atoms with Gasteiger partial charge < -0.3 is 19.1 Å². The van der Waals surface area contributed by atoms with E-state index < -0.39 is 15.3 Å². The molecule has 7 rings (SSSR count). The number of carbonyl (C=O) groups excluding carboxylic acids is 1. The van der Waals surface area contributed by atoms with E-state index in [2.05, 4.69) is 25.4 Å². The third-order valence-electron chi connectivity index (χ3n) is 12.2. The van der Waals surface area contributed by atoms with E-state index in [1.807, 2.05) is 44.4 Å². The fraction of sp³-hybridized carbons (Fsp3) is 0.590. The molecule has 0 unspecified atom stereocenters. The van der Waals surface area contributed by atoms with Gasteiger partial charge in [-0.1, -0.05) is 25.5 Å². The van der Waals surface area contributed by atoms with Gasteiger partial charge in [-0.2, -0.15) is 0 Å². The highest BCUT2D eigenvalue weighted by Crippen LogP contribution is 2.52. The number of likely N-dealkylation sites (tertiary alicyclic amines) is 1. The van der Waals surface area contributed by atoms with E-state index in [-0.39, 0.29) is 35.0 Å². The van der Waals surface area contributed by atoms with Gasteiger partial charge in [-0.25, -0.2) is 17.8 Å². The Hall–Kier alpha value is -3.24. The minimum Gasteiger partial charge on any atom is -0.462 e. The van der Waals surface area contributed by atoms with Gasteiger partial charge >= 0.3 is 5.97 Å². The zero-order valence-corrected chi connectivity index (χ0v) is 29.8. The van der Waals surface area contributed by atoms with Gasteiger partial charge in [0, 0.05) is 67.9 Å². The predicted molar refractivity (Wildman–Crippen MR) is 189 cm³/mol. The summed E-state index contributed by atoms with van der Waals surface area (Å²) in [6, 6.07) is 14.7. The van der Waals surface area contributed by atoms with E-state index in [1.54, 1.807) is 18.2 Å². The molecular formula is C39H51FN4O4S. The van der Waals surface area contributed by atoms with Gasteiger partial charge in [-0.15, -0.1) is 0 Å². The first-order valence-electron chi connectivity index (χ1n) is 18.4. The van der Waals surface area contributed by atoms with Crippen molar-refractivity contribution < 1.29 is 22.3 Å². The summed E-state index contributed by atoms with van der Waals surface area (Å²) in [7, 11) is -3.20. The molecule has 1 aromatic heterocycles. The van der Waals surface area contributed by atoms with E-state index in [4.69, 9.17) is 4.74 Å². The van der Waals surface area contributed by atoms with Crippen LogP contribution in [0.3, 0.4) is 0 Å². The monoisotopic (exact) mass is 690 g/mol. The molecule has 4 aliphatic rings. The summed E-state index contributed by atoms with van der Waals surface area (Å²) < 4.78 is 49.0. The van der Waals surface area contributed by atoms with Gasteiger partial charge in [0.05, 0.1) is 10.1 Å². The van der Waals surface area contributed by atoms with Crippen LogP contribution in [0.1, 0.15) is 76.1 Å². The third kappa shape index (κ3) is 6.79. The summed E-state index contributed by atoms with van der Waals surface area (Å²) in [6.45, 7) is 9.46. The Kier molecular flexibility index (Phi) is 9.90. The lowest BCUT2D eigenvalue weighted by molar-refractivity contribution is -0.152. The smallest absolute Gasteiger partial charge is 0.305 e. The van der Waals surface area contributed by atoms with Crippen molar-refractivity contribution >= 4 is 21.5 Å². The number of imidazole rings is 1. The third-order valence-corrected chi connectivity index (χ3v) is 14.5. The minimum atomic E-state index is -3.20. The highest BCUT2D eigenvalue weighted by Gasteiger charge is 2.53. The number of sulfone groups is 1. The van der Waals surface area contributed by atoms with Crippen molar-refractivity contribution in [1.82, 2.24) is 14.5 Å². The van der Waals surface area contributed by atoms with Crippen LogP contribution in [0.5, 0.6) is 0 Å². The lowest BCUT2D eigenvalue weighted by Gasteiger charge is -2.51. The topological polar surface area (TPSA) is 84.7 Å². The molecule has 10 heteroatoms. The molecule has 2 aliphatic heterocycles. The first-order valence-corrected chi connectivity index (χ1v) is 20.0. The van der Waals surface area contributed by atoms with Crippen LogP contribution >= 0.6 is 0 Å². The van der Waals surface area contributed by atoms with Crippen molar-refractivity contribution in [3.63, 3.8) is 0 Å². The quantitative estimate of drug-likeness (QED) is 0.199. The summed E-state index contributed by atoms with van der Waals surface area (Å²) in [6.07, 6.45) is 11.3. The van der Waals surface area contributed by atoms with E-state index in [0.29, 0.717) is 23.8 Å². The zero-order chi connectivity index (χ0) is 34.2. The number of aryl methyl sites for hydroxylation is 1. The molecule has 2 aliphatic carbocycles. The SMILES string of the molecule is CCC(=O)O[C@H]1CCC[C@@H]1[C@](Cn1ccnc1C)(c1cccc(F)c1)C1CCN(CC2CN(c3ccc(S(=O)(=O)C4CCC4)cc3)C2)CC1. The maximum atomic E-state index is 15.1. The highest BCUT2D eigenvalue weighted by molar-refractivity contribution is 7.92. The van der Waals surface area contributed by atoms with Crippen LogP contribution in [0.2, 0.25) is 0 Å². The number of ether oxygens (including phenoxy) is 1. The van der Waals surface area contributed by atoms with Gasteiger partial charge in [0.15, 0.2) is 9.84 Å². The van der Waals surface area contributed by atoms with E-state index >= 15 is 4.39 Å². The number of carbonyl (C=O) groups is 1. The standard InChI is InChI=1S/C39H51FN4O4S/c1-3-38(45)48-37-12-6-11-36(37)39(27-43-22-19-41-28(43)2,31-7-4-8-32(40)23-31)30-17-20-42(21-18-30)24-29-25-44(26-29)33-13-15-35(16-14-33)49(46,47)34-9-5-10-34/h4,7-8,13-16,19,22-23,29-30,34,36-37H,3,5-6,9-12,17-18,20-21,24-27H2,1-2H3/t36-,37-,39-/m0/s1. The Morgan fingerprint density at radius 2 is 1.73 bits per heavy atom. The Morgan fingerprint density at radius 1 is 1.00 bits per heavy atom. The van der Waals surface area contributed by atoms with Crippen LogP contribution in [-0.2, 0) is 31.3 Å². The van der Waals surface area contributed by atoms with Crippen LogP contribution in [0.4, 0.5) is 10.1 Å². The van der Waals surface area contributed by atoms with Gasteiger partial charge in [0.1, 0.15) is 17.7 Å². The Balaban J connectivity index is 1.05. The first kappa shape index (κ1) is 34.2. The molecule has 0 bridgehead atoms. The molecular weight excluding hydrogens is 640 g/mol. The van der Waals surface area contributed by atoms with Crippen LogP contribution in [0.25, 0.3) is 0 Å². The number of halogens is 1. The molecule has 3 atom stereocenters. The van der Waals surface area contributed by atoms with Crippen LogP contribution < -0.4 is 4.90 Å². The van der Waals surface area contributed by atoms with Crippen molar-refractivity contribution in [1.29, 1.82) is 0 Å². The molecule has 49 heavy (non-hydrogen) atoms. The van der Waals surface area contributed by atoms with Crippen molar-refractivity contribution in [2.75, 3.05) is 37.6 Å². The second-order valence-electron chi connectivity index (χ2n) is 15.0. The predicted octanol–water partition coefficient (Wildman–Crippen LogP) is 6.57. The van der Waals surface area contributed by atoms with Gasteiger partial charge in [-0.3, -0.25) is 4.79 Å². The molecule has 0 radical (unpaired) electrons. The molecule has 0 spiro atoms. The molecule has 2 saturated carbocycles. The lowest BCUT2D eigenvalue weighted by atomic mass is 9.58. The Bertz CT molecular complexity index is 1710. The fourth-order valence-electron chi connectivity index (χ4n) is 9.24. The largest absolute Gasteiger partial charge is 0.462 e. The van der Waals surface area contributed by atoms with Gasteiger partial charge in [-0.05, 0) is 113 Å². The Labute approximate surface area is 291 Å². The van der Waals surface area contributed by atoms with E-state index in [9.17, 15) is 13.2 Å². The summed E-state index contributed by atoms with van der Waals surface area (Å²) in [4.78, 5) is 22.6. The summed E-state index contributed by atoms with van der Waals surface area (Å²) in [5, 5.41) is -0.205. The van der Waals surface area contributed by atoms with E-state index in [1.165, 1.54) is 6.07 Å². The average molecular weight is 691 g/mol. The molecule has 0 amide bonds. The van der Waals surface area contributed by atoms with Crippen LogP contribution in [-0.4, -0.2) is 72.9 Å². The second kappa shape index (κ2) is 14.2. The number of aromatic nitrogens is 2. The molecule has 0 N–H and O–H groups in total. The second-order valence-corrected chi connectivity index (χ2v) is 17.2. The minimum absolute atomic E-state index is 0.0819. The lowest BCUT2D eigenvalue weighted by Crippen LogP contribution is -2.55. The maximum Gasteiger partial charge on any atom is 0.305 e. The van der Waals surface area contributed by atoms with Gasteiger partial charge in [0.25, 0.3) is 0 Å². The number of hydrogen-bond donors (Lipinski definition) is 0. The molecule has 2 saturated heterocycles. The number of benzene rings is 2. The summed E-state index contributed by atoms with van der Waals surface area (Å²) in [5.41, 5.74) is 1.68. The maximum absolute atomic E-state index is 15.1.